The summed E-state index contributed by atoms with van der Waals surface area (Å²) in [6.07, 6.45) is 0. The van der Waals surface area contributed by atoms with E-state index in [9.17, 15) is 4.79 Å². The maximum Gasteiger partial charge on any atom is 0.163 e. The van der Waals surface area contributed by atoms with Crippen molar-refractivity contribution in [1.29, 1.82) is 0 Å². The van der Waals surface area contributed by atoms with Crippen LogP contribution in [0.1, 0.15) is 19.4 Å². The van der Waals surface area contributed by atoms with Gasteiger partial charge in [0.15, 0.2) is 5.78 Å². The second-order valence-electron chi connectivity index (χ2n) is 9.34. The summed E-state index contributed by atoms with van der Waals surface area (Å²) in [5.74, 6) is 0.582. The number of para-hydroxylation sites is 2. The lowest BCUT2D eigenvalue weighted by Gasteiger charge is -2.30. The molecule has 0 atom stereocenters. The number of benzene rings is 5. The number of carbonyl (C=O) groups excluding carboxylic acids is 1. The minimum absolute atomic E-state index is 0.0252. The maximum atomic E-state index is 12.5. The molecule has 5 aromatic carbocycles. The van der Waals surface area contributed by atoms with Crippen LogP contribution in [0.4, 0.5) is 17.1 Å². The Balaban J connectivity index is 1.74. The SMILES string of the molecule is CO/C(C)=C(\C(C)=O)c1ccc(N(c2ccccc2-c2ccccc2)c2ccccc2-c2ccccc2)cc1. The second kappa shape index (κ2) is 11.7. The van der Waals surface area contributed by atoms with Crippen LogP contribution in [0, 0.1) is 0 Å². The zero-order chi connectivity index (χ0) is 27.2. The van der Waals surface area contributed by atoms with Gasteiger partial charge in [-0.1, -0.05) is 109 Å². The summed E-state index contributed by atoms with van der Waals surface area (Å²) < 4.78 is 5.42. The highest BCUT2D eigenvalue weighted by Crippen LogP contribution is 2.44. The van der Waals surface area contributed by atoms with Gasteiger partial charge in [0.05, 0.1) is 24.1 Å². The molecule has 0 aliphatic heterocycles. The average Bonchev–Trinajstić information content (AvgIpc) is 2.99. The van der Waals surface area contributed by atoms with Crippen LogP contribution in [0.3, 0.4) is 0 Å². The molecule has 0 saturated heterocycles. The Morgan fingerprint density at radius 2 is 1.00 bits per heavy atom. The molecule has 0 fully saturated rings. The van der Waals surface area contributed by atoms with E-state index in [0.29, 0.717) is 11.3 Å². The van der Waals surface area contributed by atoms with Gasteiger partial charge in [0, 0.05) is 16.8 Å². The summed E-state index contributed by atoms with van der Waals surface area (Å²) in [6.45, 7) is 3.40. The topological polar surface area (TPSA) is 29.5 Å². The number of nitrogens with zero attached hydrogens (tertiary/aromatic N) is 1. The summed E-state index contributed by atoms with van der Waals surface area (Å²) in [4.78, 5) is 14.8. The van der Waals surface area contributed by atoms with Crippen molar-refractivity contribution in [1.82, 2.24) is 0 Å². The summed E-state index contributed by atoms with van der Waals surface area (Å²) in [7, 11) is 1.59. The van der Waals surface area contributed by atoms with Crippen molar-refractivity contribution < 1.29 is 9.53 Å². The Bertz CT molecular complexity index is 1520. The monoisotopic (exact) mass is 509 g/mol. The van der Waals surface area contributed by atoms with Crippen LogP contribution in [0.15, 0.2) is 139 Å². The first-order valence-electron chi connectivity index (χ1n) is 13.0. The lowest BCUT2D eigenvalue weighted by Crippen LogP contribution is -2.12. The van der Waals surface area contributed by atoms with E-state index in [2.05, 4.69) is 114 Å². The lowest BCUT2D eigenvalue weighted by atomic mass is 9.97. The van der Waals surface area contributed by atoms with Crippen LogP contribution >= 0.6 is 0 Å². The zero-order valence-electron chi connectivity index (χ0n) is 22.5. The lowest BCUT2D eigenvalue weighted by molar-refractivity contribution is -0.111. The molecule has 0 unspecified atom stereocenters. The number of methoxy groups -OCH3 is 1. The molecular formula is C36H31NO2. The average molecular weight is 510 g/mol. The van der Waals surface area contributed by atoms with Crippen molar-refractivity contribution in [2.75, 3.05) is 12.0 Å². The molecule has 0 N–H and O–H groups in total. The number of hydrogen-bond acceptors (Lipinski definition) is 3. The third-order valence-corrected chi connectivity index (χ3v) is 6.88. The fraction of sp³-hybridized carbons (Fsp3) is 0.0833. The van der Waals surface area contributed by atoms with Gasteiger partial charge in [-0.05, 0) is 54.8 Å². The number of Topliss-reactive ketones (excluding diaryl/α,β-unsaturated/α-hetero) is 1. The molecule has 39 heavy (non-hydrogen) atoms. The summed E-state index contributed by atoms with van der Waals surface area (Å²) in [5.41, 5.74) is 9.08. The van der Waals surface area contributed by atoms with Gasteiger partial charge in [-0.25, -0.2) is 0 Å². The Labute approximate surface area is 230 Å². The highest BCUT2D eigenvalue weighted by atomic mass is 16.5. The van der Waals surface area contributed by atoms with Gasteiger partial charge in [0.1, 0.15) is 5.76 Å². The van der Waals surface area contributed by atoms with Crippen LogP contribution in [-0.2, 0) is 9.53 Å². The molecule has 3 heteroatoms. The normalized spacial score (nSPS) is 11.5. The Hall–Kier alpha value is -4.89. The molecule has 0 heterocycles. The molecule has 5 rings (SSSR count). The Kier molecular flexibility index (Phi) is 7.70. The van der Waals surface area contributed by atoms with Crippen molar-refractivity contribution in [3.8, 4) is 22.3 Å². The number of rotatable bonds is 8. The van der Waals surface area contributed by atoms with E-state index in [1.54, 1.807) is 14.0 Å². The van der Waals surface area contributed by atoms with E-state index in [1.807, 2.05) is 31.2 Å². The number of anilines is 3. The van der Waals surface area contributed by atoms with Crippen LogP contribution in [0.25, 0.3) is 27.8 Å². The first kappa shape index (κ1) is 25.7. The van der Waals surface area contributed by atoms with E-state index >= 15 is 0 Å². The molecule has 0 spiro atoms. The van der Waals surface area contributed by atoms with Crippen LogP contribution in [-0.4, -0.2) is 12.9 Å². The molecule has 0 aliphatic carbocycles. The van der Waals surface area contributed by atoms with Crippen LogP contribution in [0.2, 0.25) is 0 Å². The maximum absolute atomic E-state index is 12.5. The Morgan fingerprint density at radius 1 is 0.564 bits per heavy atom. The van der Waals surface area contributed by atoms with Crippen LogP contribution in [0.5, 0.6) is 0 Å². The minimum atomic E-state index is -0.0252. The van der Waals surface area contributed by atoms with Gasteiger partial charge in [-0.3, -0.25) is 4.79 Å². The minimum Gasteiger partial charge on any atom is -0.501 e. The molecule has 192 valence electrons. The molecule has 0 saturated carbocycles. The van der Waals surface area contributed by atoms with E-state index < -0.39 is 0 Å². The number of ketones is 1. The molecule has 3 nitrogen and oxygen atoms in total. The molecule has 0 radical (unpaired) electrons. The first-order chi connectivity index (χ1) is 19.1. The predicted molar refractivity (Wildman–Crippen MR) is 162 cm³/mol. The smallest absolute Gasteiger partial charge is 0.163 e. The highest BCUT2D eigenvalue weighted by Gasteiger charge is 2.21. The Morgan fingerprint density at radius 3 is 1.44 bits per heavy atom. The van der Waals surface area contributed by atoms with E-state index in [1.165, 1.54) is 0 Å². The van der Waals surface area contributed by atoms with Crippen molar-refractivity contribution in [3.05, 3.63) is 145 Å². The largest absolute Gasteiger partial charge is 0.501 e. The van der Waals surface area contributed by atoms with E-state index in [-0.39, 0.29) is 5.78 Å². The van der Waals surface area contributed by atoms with Crippen molar-refractivity contribution in [2.24, 2.45) is 0 Å². The zero-order valence-corrected chi connectivity index (χ0v) is 22.5. The standard InChI is InChI=1S/C36H31NO2/c1-26(38)36(27(2)39-3)30-22-24-31(25-23-30)37(34-20-12-10-18-32(34)28-14-6-4-7-15-28)35-21-13-11-19-33(35)29-16-8-5-9-17-29/h4-25H,1-3H3/b36-27+. The molecule has 0 aliphatic rings. The fourth-order valence-electron chi connectivity index (χ4n) is 5.00. The van der Waals surface area contributed by atoms with Crippen molar-refractivity contribution in [3.63, 3.8) is 0 Å². The molecular weight excluding hydrogens is 478 g/mol. The molecule has 5 aromatic rings. The third-order valence-electron chi connectivity index (χ3n) is 6.88. The van der Waals surface area contributed by atoms with E-state index in [0.717, 1.165) is 44.9 Å². The number of allylic oxidation sites excluding steroid dienone is 2. The van der Waals surface area contributed by atoms with Gasteiger partial charge in [-0.2, -0.15) is 0 Å². The van der Waals surface area contributed by atoms with Gasteiger partial charge >= 0.3 is 0 Å². The first-order valence-corrected chi connectivity index (χ1v) is 13.0. The summed E-state index contributed by atoms with van der Waals surface area (Å²) in [6, 6.07) is 46.0. The quantitative estimate of drug-likeness (QED) is 0.154. The van der Waals surface area contributed by atoms with Gasteiger partial charge in [-0.15, -0.1) is 0 Å². The van der Waals surface area contributed by atoms with Gasteiger partial charge < -0.3 is 9.64 Å². The second-order valence-corrected chi connectivity index (χ2v) is 9.34. The van der Waals surface area contributed by atoms with Crippen LogP contribution < -0.4 is 4.90 Å². The molecule has 0 bridgehead atoms. The summed E-state index contributed by atoms with van der Waals surface area (Å²) >= 11 is 0. The fourth-order valence-corrected chi connectivity index (χ4v) is 5.00. The molecule has 0 amide bonds. The van der Waals surface area contributed by atoms with Crippen molar-refractivity contribution >= 4 is 28.4 Å². The van der Waals surface area contributed by atoms with E-state index in [4.69, 9.17) is 4.74 Å². The molecule has 0 aromatic heterocycles. The number of hydrogen-bond donors (Lipinski definition) is 0. The van der Waals surface area contributed by atoms with Gasteiger partial charge in [0.25, 0.3) is 0 Å². The highest BCUT2D eigenvalue weighted by molar-refractivity contribution is 6.20. The van der Waals surface area contributed by atoms with Crippen molar-refractivity contribution in [2.45, 2.75) is 13.8 Å². The third kappa shape index (κ3) is 5.39. The summed E-state index contributed by atoms with van der Waals surface area (Å²) in [5, 5.41) is 0. The van der Waals surface area contributed by atoms with Gasteiger partial charge in [0.2, 0.25) is 0 Å². The predicted octanol–water partition coefficient (Wildman–Crippen LogP) is 9.46. The number of carbonyl (C=O) groups is 1. The number of ether oxygens (including phenoxy) is 1.